The summed E-state index contributed by atoms with van der Waals surface area (Å²) in [5, 5.41) is 2.95. The number of aryl methyl sites for hydroxylation is 1. The quantitative estimate of drug-likeness (QED) is 0.793. The van der Waals surface area contributed by atoms with E-state index in [1.165, 1.54) is 6.26 Å². The molecule has 1 unspecified atom stereocenters. The molecular formula is C17H15NO3. The van der Waals surface area contributed by atoms with Crippen LogP contribution >= 0.6 is 0 Å². The Hall–Kier alpha value is -2.75. The number of carbonyl (C=O) groups excluding carboxylic acids is 1. The second-order valence-electron chi connectivity index (χ2n) is 4.77. The summed E-state index contributed by atoms with van der Waals surface area (Å²) in [5.41, 5.74) is 1.75. The molecule has 0 spiro atoms. The number of carbonyl (C=O) groups is 1. The van der Waals surface area contributed by atoms with Crippen molar-refractivity contribution in [3.63, 3.8) is 0 Å². The highest BCUT2D eigenvalue weighted by Gasteiger charge is 2.22. The Morgan fingerprint density at radius 2 is 1.81 bits per heavy atom. The highest BCUT2D eigenvalue weighted by Crippen LogP contribution is 2.23. The minimum absolute atomic E-state index is 0.261. The maximum Gasteiger partial charge on any atom is 0.288 e. The Morgan fingerprint density at radius 1 is 1.00 bits per heavy atom. The summed E-state index contributed by atoms with van der Waals surface area (Å²) >= 11 is 0. The third-order valence-electron chi connectivity index (χ3n) is 3.30. The molecule has 3 rings (SSSR count). The number of rotatable bonds is 4. The minimum Gasteiger partial charge on any atom is -0.467 e. The predicted molar refractivity (Wildman–Crippen MR) is 77.9 cm³/mol. The van der Waals surface area contributed by atoms with Crippen LogP contribution in [0.25, 0.3) is 0 Å². The van der Waals surface area contributed by atoms with E-state index >= 15 is 0 Å². The highest BCUT2D eigenvalue weighted by molar-refractivity contribution is 5.93. The van der Waals surface area contributed by atoms with E-state index in [1.54, 1.807) is 18.4 Å². The fraction of sp³-hybridized carbons (Fsp3) is 0.118. The number of furan rings is 2. The topological polar surface area (TPSA) is 55.4 Å². The third-order valence-corrected chi connectivity index (χ3v) is 3.30. The summed E-state index contributed by atoms with van der Waals surface area (Å²) in [4.78, 5) is 12.4. The summed E-state index contributed by atoms with van der Waals surface area (Å²) < 4.78 is 10.7. The average molecular weight is 281 g/mol. The van der Waals surface area contributed by atoms with Gasteiger partial charge >= 0.3 is 0 Å². The molecule has 0 saturated heterocycles. The Bertz CT molecular complexity index is 714. The maximum atomic E-state index is 12.4. The van der Waals surface area contributed by atoms with Crippen LogP contribution in [0.1, 0.15) is 33.5 Å². The molecule has 0 aliphatic heterocycles. The van der Waals surface area contributed by atoms with Gasteiger partial charge in [-0.15, -0.1) is 0 Å². The molecule has 0 bridgehead atoms. The Morgan fingerprint density at radius 3 is 2.43 bits per heavy atom. The Kier molecular flexibility index (Phi) is 3.60. The molecular weight excluding hydrogens is 266 g/mol. The SMILES string of the molecule is Cc1ccoc1C(=O)NC(c1ccccc1)c1ccco1. The van der Waals surface area contributed by atoms with Crippen LogP contribution in [0, 0.1) is 6.92 Å². The molecule has 1 N–H and O–H groups in total. The van der Waals surface area contributed by atoms with E-state index in [-0.39, 0.29) is 11.9 Å². The fourth-order valence-electron chi connectivity index (χ4n) is 2.22. The summed E-state index contributed by atoms with van der Waals surface area (Å²) in [6, 6.07) is 14.7. The van der Waals surface area contributed by atoms with Crippen LogP contribution in [0.15, 0.2) is 69.9 Å². The van der Waals surface area contributed by atoms with E-state index in [1.807, 2.05) is 43.3 Å². The van der Waals surface area contributed by atoms with Gasteiger partial charge in [-0.25, -0.2) is 0 Å². The zero-order valence-corrected chi connectivity index (χ0v) is 11.6. The van der Waals surface area contributed by atoms with Gasteiger partial charge in [0.25, 0.3) is 5.91 Å². The van der Waals surface area contributed by atoms with E-state index in [4.69, 9.17) is 8.83 Å². The lowest BCUT2D eigenvalue weighted by atomic mass is 10.0. The molecule has 106 valence electrons. The van der Waals surface area contributed by atoms with Gasteiger partial charge in [0, 0.05) is 5.56 Å². The lowest BCUT2D eigenvalue weighted by Gasteiger charge is -2.16. The predicted octanol–water partition coefficient (Wildman–Crippen LogP) is 3.70. The van der Waals surface area contributed by atoms with Gasteiger partial charge in [-0.3, -0.25) is 4.79 Å². The van der Waals surface area contributed by atoms with E-state index in [2.05, 4.69) is 5.32 Å². The van der Waals surface area contributed by atoms with Crippen LogP contribution in [0.5, 0.6) is 0 Å². The first-order valence-corrected chi connectivity index (χ1v) is 6.69. The first kappa shape index (κ1) is 13.2. The van der Waals surface area contributed by atoms with Crippen LogP contribution in [-0.2, 0) is 0 Å². The van der Waals surface area contributed by atoms with Gasteiger partial charge in [0.1, 0.15) is 11.8 Å². The van der Waals surface area contributed by atoms with Gasteiger partial charge in [0.05, 0.1) is 12.5 Å². The van der Waals surface area contributed by atoms with E-state index < -0.39 is 0 Å². The minimum atomic E-state index is -0.349. The smallest absolute Gasteiger partial charge is 0.288 e. The number of hydrogen-bond donors (Lipinski definition) is 1. The molecule has 3 aromatic rings. The molecule has 2 heterocycles. The molecule has 21 heavy (non-hydrogen) atoms. The van der Waals surface area contributed by atoms with Gasteiger partial charge in [-0.05, 0) is 30.7 Å². The summed E-state index contributed by atoms with van der Waals surface area (Å²) in [6.07, 6.45) is 3.10. The highest BCUT2D eigenvalue weighted by atomic mass is 16.3. The van der Waals surface area contributed by atoms with Crippen molar-refractivity contribution in [2.45, 2.75) is 13.0 Å². The number of nitrogens with one attached hydrogen (secondary N) is 1. The van der Waals surface area contributed by atoms with Gasteiger partial charge in [0.2, 0.25) is 0 Å². The summed E-state index contributed by atoms with van der Waals surface area (Å²) in [5.74, 6) is 0.740. The van der Waals surface area contributed by atoms with Crippen LogP contribution in [-0.4, -0.2) is 5.91 Å². The fourth-order valence-corrected chi connectivity index (χ4v) is 2.22. The van der Waals surface area contributed by atoms with Crippen LogP contribution < -0.4 is 5.32 Å². The normalized spacial score (nSPS) is 12.0. The van der Waals surface area contributed by atoms with Crippen molar-refractivity contribution in [1.82, 2.24) is 5.32 Å². The molecule has 4 heteroatoms. The first-order chi connectivity index (χ1) is 10.3. The zero-order chi connectivity index (χ0) is 14.7. The van der Waals surface area contributed by atoms with Crippen LogP contribution in [0.4, 0.5) is 0 Å². The van der Waals surface area contributed by atoms with Crippen LogP contribution in [0.2, 0.25) is 0 Å². The number of hydrogen-bond acceptors (Lipinski definition) is 3. The Labute approximate surface area is 122 Å². The van der Waals surface area contributed by atoms with Crippen molar-refractivity contribution in [3.05, 3.63) is 83.7 Å². The molecule has 1 atom stereocenters. The average Bonchev–Trinajstić information content (AvgIpc) is 3.17. The summed E-state index contributed by atoms with van der Waals surface area (Å²) in [6.45, 7) is 1.84. The van der Waals surface area contributed by atoms with Gasteiger partial charge < -0.3 is 14.2 Å². The molecule has 1 aromatic carbocycles. The number of amides is 1. The second kappa shape index (κ2) is 5.71. The lowest BCUT2D eigenvalue weighted by Crippen LogP contribution is -2.29. The molecule has 0 radical (unpaired) electrons. The lowest BCUT2D eigenvalue weighted by molar-refractivity contribution is 0.0910. The second-order valence-corrected chi connectivity index (χ2v) is 4.77. The molecule has 0 saturated carbocycles. The Balaban J connectivity index is 1.91. The van der Waals surface area contributed by atoms with E-state index in [9.17, 15) is 4.79 Å². The monoisotopic (exact) mass is 281 g/mol. The molecule has 0 aliphatic rings. The van der Waals surface area contributed by atoms with Crippen molar-refractivity contribution in [2.24, 2.45) is 0 Å². The zero-order valence-electron chi connectivity index (χ0n) is 11.6. The van der Waals surface area contributed by atoms with Crippen molar-refractivity contribution < 1.29 is 13.6 Å². The number of benzene rings is 1. The van der Waals surface area contributed by atoms with Crippen LogP contribution in [0.3, 0.4) is 0 Å². The van der Waals surface area contributed by atoms with Crippen molar-refractivity contribution in [2.75, 3.05) is 0 Å². The molecule has 2 aromatic heterocycles. The standard InChI is InChI=1S/C17H15NO3/c1-12-9-11-21-16(12)17(19)18-15(14-8-5-10-20-14)13-6-3-2-4-7-13/h2-11,15H,1H3,(H,18,19). The van der Waals surface area contributed by atoms with E-state index in [0.29, 0.717) is 11.5 Å². The molecule has 0 aliphatic carbocycles. The summed E-state index contributed by atoms with van der Waals surface area (Å²) in [7, 11) is 0. The molecule has 0 fully saturated rings. The van der Waals surface area contributed by atoms with Crippen molar-refractivity contribution in [3.8, 4) is 0 Å². The van der Waals surface area contributed by atoms with Gasteiger partial charge in [0.15, 0.2) is 5.76 Å². The largest absolute Gasteiger partial charge is 0.467 e. The van der Waals surface area contributed by atoms with E-state index in [0.717, 1.165) is 11.1 Å². The molecule has 1 amide bonds. The maximum absolute atomic E-state index is 12.4. The van der Waals surface area contributed by atoms with Crippen molar-refractivity contribution >= 4 is 5.91 Å². The van der Waals surface area contributed by atoms with Gasteiger partial charge in [-0.2, -0.15) is 0 Å². The molecule has 4 nitrogen and oxygen atoms in total. The first-order valence-electron chi connectivity index (χ1n) is 6.69. The van der Waals surface area contributed by atoms with Crippen molar-refractivity contribution in [1.29, 1.82) is 0 Å². The van der Waals surface area contributed by atoms with Gasteiger partial charge in [-0.1, -0.05) is 30.3 Å². The third kappa shape index (κ3) is 2.74.